The summed E-state index contributed by atoms with van der Waals surface area (Å²) in [5, 5.41) is 9.56. The average Bonchev–Trinajstić information content (AvgIpc) is 2.49. The van der Waals surface area contributed by atoms with Crippen LogP contribution in [0.5, 0.6) is 17.2 Å². The van der Waals surface area contributed by atoms with E-state index in [-0.39, 0.29) is 22.5 Å². The van der Waals surface area contributed by atoms with Crippen molar-refractivity contribution >= 4 is 16.8 Å². The summed E-state index contributed by atoms with van der Waals surface area (Å²) in [6, 6.07) is 11.0. The van der Waals surface area contributed by atoms with E-state index < -0.39 is 0 Å². The van der Waals surface area contributed by atoms with E-state index in [1.54, 1.807) is 30.3 Å². The molecule has 5 heteroatoms. The molecule has 110 valence electrons. The molecule has 1 N–H and O–H groups in total. The SMILES string of the molecule is CC(=O)c1coc2cc(Oc3ccc(O)cc3)ccc2c1=O. The standard InChI is InChI=1S/C17H12O5/c1-10(18)15-9-21-16-8-13(6-7-14(16)17(15)20)22-12-4-2-11(19)3-5-12/h2-9,19H,1H3. The molecule has 0 amide bonds. The van der Waals surface area contributed by atoms with Gasteiger partial charge in [-0.25, -0.2) is 0 Å². The van der Waals surface area contributed by atoms with Crippen LogP contribution in [0.2, 0.25) is 0 Å². The largest absolute Gasteiger partial charge is 0.508 e. The molecular formula is C17H12O5. The van der Waals surface area contributed by atoms with E-state index >= 15 is 0 Å². The van der Waals surface area contributed by atoms with Crippen molar-refractivity contribution in [2.75, 3.05) is 0 Å². The summed E-state index contributed by atoms with van der Waals surface area (Å²) in [4.78, 5) is 23.5. The molecule has 3 rings (SSSR count). The quantitative estimate of drug-likeness (QED) is 0.749. The summed E-state index contributed by atoms with van der Waals surface area (Å²) >= 11 is 0. The molecule has 0 aliphatic heterocycles. The zero-order valence-electron chi connectivity index (χ0n) is 11.7. The highest BCUT2D eigenvalue weighted by Gasteiger charge is 2.11. The molecule has 22 heavy (non-hydrogen) atoms. The summed E-state index contributed by atoms with van der Waals surface area (Å²) in [6.45, 7) is 1.32. The molecule has 0 unspecified atom stereocenters. The van der Waals surface area contributed by atoms with Gasteiger partial charge in [0.1, 0.15) is 34.7 Å². The number of rotatable bonds is 3. The van der Waals surface area contributed by atoms with Crippen molar-refractivity contribution in [1.29, 1.82) is 0 Å². The molecule has 1 aromatic heterocycles. The highest BCUT2D eigenvalue weighted by molar-refractivity contribution is 5.96. The fourth-order valence-corrected chi connectivity index (χ4v) is 2.07. The van der Waals surface area contributed by atoms with Crippen molar-refractivity contribution in [3.63, 3.8) is 0 Å². The number of fused-ring (bicyclic) bond motifs is 1. The molecule has 1 heterocycles. The Morgan fingerprint density at radius 2 is 1.77 bits per heavy atom. The molecule has 0 spiro atoms. The lowest BCUT2D eigenvalue weighted by Crippen LogP contribution is -2.12. The van der Waals surface area contributed by atoms with E-state index in [4.69, 9.17) is 9.15 Å². The van der Waals surface area contributed by atoms with Crippen molar-refractivity contribution < 1.29 is 19.1 Å². The minimum Gasteiger partial charge on any atom is -0.508 e. The predicted molar refractivity (Wildman–Crippen MR) is 80.7 cm³/mol. The van der Waals surface area contributed by atoms with Crippen LogP contribution in [0.25, 0.3) is 11.0 Å². The molecule has 2 aromatic carbocycles. The molecule has 0 saturated carbocycles. The molecular weight excluding hydrogens is 284 g/mol. The van der Waals surface area contributed by atoms with Gasteiger partial charge in [0.05, 0.1) is 5.39 Å². The summed E-state index contributed by atoms with van der Waals surface area (Å²) in [6.07, 6.45) is 1.16. The third kappa shape index (κ3) is 2.56. The maximum atomic E-state index is 12.1. The monoisotopic (exact) mass is 296 g/mol. The number of hydrogen-bond donors (Lipinski definition) is 1. The van der Waals surface area contributed by atoms with Crippen molar-refractivity contribution in [3.8, 4) is 17.2 Å². The Hall–Kier alpha value is -3.08. The zero-order chi connectivity index (χ0) is 15.7. The number of hydrogen-bond acceptors (Lipinski definition) is 5. The van der Waals surface area contributed by atoms with Gasteiger partial charge in [-0.2, -0.15) is 0 Å². The van der Waals surface area contributed by atoms with E-state index in [9.17, 15) is 14.7 Å². The van der Waals surface area contributed by atoms with E-state index in [0.717, 1.165) is 6.26 Å². The van der Waals surface area contributed by atoms with Gasteiger partial charge in [-0.15, -0.1) is 0 Å². The molecule has 0 saturated heterocycles. The van der Waals surface area contributed by atoms with Crippen LogP contribution >= 0.6 is 0 Å². The number of phenols is 1. The van der Waals surface area contributed by atoms with Crippen LogP contribution in [-0.4, -0.2) is 10.9 Å². The molecule has 0 atom stereocenters. The Labute approximate surface area is 125 Å². The average molecular weight is 296 g/mol. The normalized spacial score (nSPS) is 10.6. The van der Waals surface area contributed by atoms with Crippen molar-refractivity contribution in [1.82, 2.24) is 0 Å². The first-order valence-electron chi connectivity index (χ1n) is 6.58. The number of ether oxygens (including phenoxy) is 1. The van der Waals surface area contributed by atoms with Gasteiger partial charge in [0, 0.05) is 6.07 Å². The third-order valence-electron chi connectivity index (χ3n) is 3.20. The lowest BCUT2D eigenvalue weighted by molar-refractivity contribution is 0.101. The van der Waals surface area contributed by atoms with Crippen LogP contribution < -0.4 is 10.2 Å². The highest BCUT2D eigenvalue weighted by Crippen LogP contribution is 2.26. The van der Waals surface area contributed by atoms with Gasteiger partial charge in [-0.05, 0) is 43.3 Å². The first-order chi connectivity index (χ1) is 10.5. The Balaban J connectivity index is 2.00. The van der Waals surface area contributed by atoms with Crippen LogP contribution in [0, 0.1) is 0 Å². The Morgan fingerprint density at radius 1 is 1.09 bits per heavy atom. The zero-order valence-corrected chi connectivity index (χ0v) is 11.7. The van der Waals surface area contributed by atoms with E-state index in [0.29, 0.717) is 22.5 Å². The number of phenolic OH excluding ortho intramolecular Hbond substituents is 1. The smallest absolute Gasteiger partial charge is 0.203 e. The molecule has 0 aliphatic carbocycles. The van der Waals surface area contributed by atoms with Crippen molar-refractivity contribution in [2.24, 2.45) is 0 Å². The summed E-state index contributed by atoms with van der Waals surface area (Å²) in [5.41, 5.74) is 0.0101. The third-order valence-corrected chi connectivity index (χ3v) is 3.20. The van der Waals surface area contributed by atoms with Crippen LogP contribution in [0.15, 0.2) is 57.9 Å². The van der Waals surface area contributed by atoms with E-state index in [1.807, 2.05) is 0 Å². The maximum absolute atomic E-state index is 12.1. The molecule has 0 aliphatic rings. The second-order valence-electron chi connectivity index (χ2n) is 4.79. The fourth-order valence-electron chi connectivity index (χ4n) is 2.07. The Kier molecular flexibility index (Phi) is 3.39. The topological polar surface area (TPSA) is 76.7 Å². The van der Waals surface area contributed by atoms with Gasteiger partial charge >= 0.3 is 0 Å². The Morgan fingerprint density at radius 3 is 2.45 bits per heavy atom. The van der Waals surface area contributed by atoms with Crippen LogP contribution in [0.3, 0.4) is 0 Å². The number of aromatic hydroxyl groups is 1. The summed E-state index contributed by atoms with van der Waals surface area (Å²) in [5.74, 6) is 0.838. The lowest BCUT2D eigenvalue weighted by atomic mass is 10.1. The summed E-state index contributed by atoms with van der Waals surface area (Å²) < 4.78 is 11.0. The van der Waals surface area contributed by atoms with Gasteiger partial charge in [-0.3, -0.25) is 9.59 Å². The highest BCUT2D eigenvalue weighted by atomic mass is 16.5. The van der Waals surface area contributed by atoms with E-state index in [2.05, 4.69) is 0 Å². The molecule has 0 bridgehead atoms. The van der Waals surface area contributed by atoms with Crippen molar-refractivity contribution in [3.05, 3.63) is 64.5 Å². The maximum Gasteiger partial charge on any atom is 0.203 e. The first kappa shape index (κ1) is 13.9. The molecule has 0 fully saturated rings. The van der Waals surface area contributed by atoms with E-state index in [1.165, 1.54) is 19.1 Å². The van der Waals surface area contributed by atoms with Gasteiger partial charge in [0.15, 0.2) is 5.78 Å². The minimum atomic E-state index is -0.357. The van der Waals surface area contributed by atoms with Gasteiger partial charge in [-0.1, -0.05) is 0 Å². The number of carbonyl (C=O) groups is 1. The number of ketones is 1. The van der Waals surface area contributed by atoms with Gasteiger partial charge in [0.2, 0.25) is 5.43 Å². The number of benzene rings is 2. The summed E-state index contributed by atoms with van der Waals surface area (Å²) in [7, 11) is 0. The lowest BCUT2D eigenvalue weighted by Gasteiger charge is -2.06. The van der Waals surface area contributed by atoms with Gasteiger partial charge < -0.3 is 14.3 Å². The van der Waals surface area contributed by atoms with Crippen molar-refractivity contribution in [2.45, 2.75) is 6.92 Å². The second kappa shape index (κ2) is 5.37. The van der Waals surface area contributed by atoms with Crippen LogP contribution in [0.4, 0.5) is 0 Å². The molecule has 0 radical (unpaired) electrons. The first-order valence-corrected chi connectivity index (χ1v) is 6.58. The predicted octanol–water partition coefficient (Wildman–Crippen LogP) is 3.49. The number of carbonyl (C=O) groups excluding carboxylic acids is 1. The van der Waals surface area contributed by atoms with Crippen LogP contribution in [0.1, 0.15) is 17.3 Å². The molecule has 3 aromatic rings. The fraction of sp³-hybridized carbons (Fsp3) is 0.0588. The van der Waals surface area contributed by atoms with Gasteiger partial charge in [0.25, 0.3) is 0 Å². The second-order valence-corrected chi connectivity index (χ2v) is 4.79. The molecule has 5 nitrogen and oxygen atoms in total. The number of Topliss-reactive ketones (excluding diaryl/α,β-unsaturated/α-hetero) is 1. The minimum absolute atomic E-state index is 0.0275. The van der Waals surface area contributed by atoms with Crippen LogP contribution in [-0.2, 0) is 0 Å². The Bertz CT molecular complexity index is 906.